The molecule has 0 saturated carbocycles. The summed E-state index contributed by atoms with van der Waals surface area (Å²) >= 11 is 0. The molecule has 2 atom stereocenters. The van der Waals surface area contributed by atoms with Crippen molar-refractivity contribution in [3.8, 4) is 0 Å². The number of para-hydroxylation sites is 1. The summed E-state index contributed by atoms with van der Waals surface area (Å²) in [6.07, 6.45) is 15.1. The van der Waals surface area contributed by atoms with Crippen LogP contribution in [0.3, 0.4) is 0 Å². The van der Waals surface area contributed by atoms with Crippen LogP contribution in [0, 0.1) is 5.92 Å². The number of nitrogens with zero attached hydrogens (tertiary/aromatic N) is 2. The zero-order valence-electron chi connectivity index (χ0n) is 31.1. The number of hydrogen-bond acceptors (Lipinski definition) is 6. The third kappa shape index (κ3) is 17.6. The Morgan fingerprint density at radius 1 is 0.840 bits per heavy atom. The maximum Gasteiger partial charge on any atom is 0.407 e. The molecule has 3 amide bonds. The van der Waals surface area contributed by atoms with E-state index in [0.29, 0.717) is 32.2 Å². The molecule has 50 heavy (non-hydrogen) atoms. The number of fused-ring (bicyclic) bond motifs is 1. The van der Waals surface area contributed by atoms with Gasteiger partial charge in [0.1, 0.15) is 6.54 Å². The predicted octanol–water partition coefficient (Wildman–Crippen LogP) is 4.05. The van der Waals surface area contributed by atoms with Gasteiger partial charge in [-0.2, -0.15) is 4.57 Å². The lowest BCUT2D eigenvalue weighted by Crippen LogP contribution is -3.00. The molecule has 0 fully saturated rings. The SMILES string of the molecule is CCCOC(=O)NCC(NC(C)=O)C(CCCCCCCCCCCCC(C)C)N(C(C)=O)S(=O)(=O)CCC[n+]1cccc2ccccc21.[I-]. The quantitative estimate of drug-likeness (QED) is 0.0885. The zero-order valence-corrected chi connectivity index (χ0v) is 34.1. The minimum Gasteiger partial charge on any atom is -1.00 e. The Labute approximate surface area is 318 Å². The number of unbranched alkanes of at least 4 members (excludes halogenated alkanes) is 9. The lowest BCUT2D eigenvalue weighted by molar-refractivity contribution is -0.671. The highest BCUT2D eigenvalue weighted by molar-refractivity contribution is 7.89. The number of ether oxygens (including phenoxy) is 1. The van der Waals surface area contributed by atoms with Crippen LogP contribution >= 0.6 is 0 Å². The van der Waals surface area contributed by atoms with Crippen molar-refractivity contribution in [1.82, 2.24) is 14.9 Å². The van der Waals surface area contributed by atoms with Crippen LogP contribution in [0.25, 0.3) is 10.9 Å². The van der Waals surface area contributed by atoms with Gasteiger partial charge < -0.3 is 39.3 Å². The van der Waals surface area contributed by atoms with Crippen molar-refractivity contribution in [1.29, 1.82) is 0 Å². The number of carbonyl (C=O) groups excluding carboxylic acids is 3. The number of hydrogen-bond donors (Lipinski definition) is 2. The van der Waals surface area contributed by atoms with Gasteiger partial charge in [-0.1, -0.05) is 104 Å². The summed E-state index contributed by atoms with van der Waals surface area (Å²) in [5.41, 5.74) is 0.997. The first kappa shape index (κ1) is 45.5. The van der Waals surface area contributed by atoms with Crippen molar-refractivity contribution in [3.05, 3.63) is 42.6 Å². The van der Waals surface area contributed by atoms with Crippen molar-refractivity contribution in [2.75, 3.05) is 18.9 Å². The standard InChI is InChI=1S/C38H62N4O6S.HI/c1-6-28-48-38(45)39-30-35(40-32(4)43)37(25-16-14-12-10-8-7-9-11-13-15-21-31(2)3)42(33(5)44)49(46,47)29-20-27-41-26-19-23-34-22-17-18-24-36(34)41;/h17-19,22-24,26,31,35,37H,6-16,20-21,25,27-30H2,1-5H3,(H-,39,40,43,45);1H. The Balaban J connectivity index is 0.0000125. The van der Waals surface area contributed by atoms with Crippen molar-refractivity contribution in [2.24, 2.45) is 5.92 Å². The lowest BCUT2D eigenvalue weighted by atomic mass is 9.99. The van der Waals surface area contributed by atoms with Crippen molar-refractivity contribution >= 4 is 38.8 Å². The molecular formula is C38H63IN4O6S. The molecule has 0 aliphatic rings. The van der Waals surface area contributed by atoms with E-state index >= 15 is 0 Å². The molecule has 12 heteroatoms. The van der Waals surface area contributed by atoms with Crippen LogP contribution in [0.4, 0.5) is 4.79 Å². The van der Waals surface area contributed by atoms with E-state index in [9.17, 15) is 22.8 Å². The number of benzene rings is 1. The van der Waals surface area contributed by atoms with E-state index in [1.54, 1.807) is 0 Å². The molecule has 1 heterocycles. The van der Waals surface area contributed by atoms with E-state index in [0.717, 1.165) is 40.4 Å². The highest BCUT2D eigenvalue weighted by Gasteiger charge is 2.37. The first-order valence-electron chi connectivity index (χ1n) is 18.5. The number of alkyl carbamates (subject to hydrolysis) is 1. The van der Waals surface area contributed by atoms with Crippen LogP contribution in [0.5, 0.6) is 0 Å². The number of aryl methyl sites for hydroxylation is 1. The summed E-state index contributed by atoms with van der Waals surface area (Å²) < 4.78 is 36.0. The topological polar surface area (TPSA) is 126 Å². The fraction of sp³-hybridized carbons (Fsp3) is 0.684. The lowest BCUT2D eigenvalue weighted by Gasteiger charge is -2.36. The third-order valence-corrected chi connectivity index (χ3v) is 10.7. The van der Waals surface area contributed by atoms with Gasteiger partial charge in [-0.25, -0.2) is 17.5 Å². The highest BCUT2D eigenvalue weighted by atomic mass is 127. The van der Waals surface area contributed by atoms with Gasteiger partial charge in [0.05, 0.1) is 24.4 Å². The number of nitrogens with one attached hydrogen (secondary N) is 2. The first-order valence-corrected chi connectivity index (χ1v) is 20.1. The van der Waals surface area contributed by atoms with Crippen LogP contribution in [-0.2, 0) is 30.9 Å². The largest absolute Gasteiger partial charge is 1.00 e. The number of halogens is 1. The molecule has 0 radical (unpaired) electrons. The molecule has 0 saturated heterocycles. The normalized spacial score (nSPS) is 12.6. The Morgan fingerprint density at radius 2 is 1.42 bits per heavy atom. The van der Waals surface area contributed by atoms with E-state index in [-0.39, 0.29) is 48.8 Å². The van der Waals surface area contributed by atoms with E-state index in [4.69, 9.17) is 4.74 Å². The first-order chi connectivity index (χ1) is 23.5. The maximum atomic E-state index is 13.9. The van der Waals surface area contributed by atoms with E-state index < -0.39 is 34.1 Å². The third-order valence-electron chi connectivity index (χ3n) is 8.79. The summed E-state index contributed by atoms with van der Waals surface area (Å²) in [7, 11) is -4.07. The highest BCUT2D eigenvalue weighted by Crippen LogP contribution is 2.21. The summed E-state index contributed by atoms with van der Waals surface area (Å²) in [5.74, 6) is -0.458. The Kier molecular flexibility index (Phi) is 23.2. The van der Waals surface area contributed by atoms with Crippen LogP contribution < -0.4 is 39.2 Å². The van der Waals surface area contributed by atoms with Gasteiger partial charge in [0.15, 0.2) is 6.20 Å². The molecule has 284 valence electrons. The van der Waals surface area contributed by atoms with Gasteiger partial charge in [0.25, 0.3) is 0 Å². The number of aromatic nitrogens is 1. The van der Waals surface area contributed by atoms with Crippen LogP contribution in [-0.4, -0.2) is 61.6 Å². The second kappa shape index (κ2) is 25.5. The average molecular weight is 831 g/mol. The number of pyridine rings is 1. The summed E-state index contributed by atoms with van der Waals surface area (Å²) in [6.45, 7) is 9.64. The molecule has 0 aliphatic heterocycles. The number of amides is 3. The predicted molar refractivity (Wildman–Crippen MR) is 196 cm³/mol. The Morgan fingerprint density at radius 3 is 2.00 bits per heavy atom. The fourth-order valence-electron chi connectivity index (χ4n) is 6.35. The van der Waals surface area contributed by atoms with Gasteiger partial charge in [-0.05, 0) is 30.9 Å². The average Bonchev–Trinajstić information content (AvgIpc) is 3.05. The Hall–Kier alpha value is -2.48. The number of carbonyl (C=O) groups is 3. The Bertz CT molecular complexity index is 1390. The van der Waals surface area contributed by atoms with Gasteiger partial charge in [-0.15, -0.1) is 0 Å². The van der Waals surface area contributed by atoms with Gasteiger partial charge in [0.2, 0.25) is 27.4 Å². The van der Waals surface area contributed by atoms with Crippen molar-refractivity contribution in [2.45, 2.75) is 143 Å². The summed E-state index contributed by atoms with van der Waals surface area (Å²) in [6, 6.07) is 10.2. The van der Waals surface area contributed by atoms with Crippen LogP contribution in [0.15, 0.2) is 42.6 Å². The zero-order chi connectivity index (χ0) is 36.1. The van der Waals surface area contributed by atoms with Crippen molar-refractivity contribution in [3.63, 3.8) is 0 Å². The monoisotopic (exact) mass is 830 g/mol. The number of sulfonamides is 1. The summed E-state index contributed by atoms with van der Waals surface area (Å²) in [4.78, 5) is 37.8. The van der Waals surface area contributed by atoms with Gasteiger partial charge in [0, 0.05) is 44.3 Å². The molecule has 2 rings (SSSR count). The van der Waals surface area contributed by atoms with E-state index in [1.165, 1.54) is 58.8 Å². The fourth-order valence-corrected chi connectivity index (χ4v) is 8.10. The molecule has 0 bridgehead atoms. The van der Waals surface area contributed by atoms with Gasteiger partial charge in [-0.3, -0.25) is 9.59 Å². The molecule has 10 nitrogen and oxygen atoms in total. The second-order valence-corrected chi connectivity index (χ2v) is 15.6. The van der Waals surface area contributed by atoms with E-state index in [2.05, 4.69) is 24.5 Å². The van der Waals surface area contributed by atoms with Crippen molar-refractivity contribution < 1.29 is 56.1 Å². The molecule has 1 aromatic heterocycles. The van der Waals surface area contributed by atoms with Crippen LogP contribution in [0.2, 0.25) is 0 Å². The molecule has 0 aliphatic carbocycles. The van der Waals surface area contributed by atoms with Gasteiger partial charge >= 0.3 is 6.09 Å². The molecule has 2 N–H and O–H groups in total. The molecule has 2 aromatic rings. The molecule has 0 spiro atoms. The number of rotatable bonds is 25. The summed E-state index contributed by atoms with van der Waals surface area (Å²) in [5, 5.41) is 6.55. The molecule has 1 aromatic carbocycles. The molecule has 2 unspecified atom stereocenters. The smallest absolute Gasteiger partial charge is 0.407 e. The minimum absolute atomic E-state index is 0. The maximum absolute atomic E-state index is 13.9. The molecular weight excluding hydrogens is 767 g/mol. The van der Waals surface area contributed by atoms with Crippen LogP contribution in [0.1, 0.15) is 125 Å². The second-order valence-electron chi connectivity index (χ2n) is 13.6. The van der Waals surface area contributed by atoms with E-state index in [1.807, 2.05) is 54.1 Å². The minimum atomic E-state index is -4.07.